The first-order valence-corrected chi connectivity index (χ1v) is 4.59. The smallest absolute Gasteiger partial charge is 0.293 e. The topological polar surface area (TPSA) is 30.0 Å². The summed E-state index contributed by atoms with van der Waals surface area (Å²) in [6.07, 6.45) is -3.99. The van der Waals surface area contributed by atoms with Gasteiger partial charge in [0.15, 0.2) is 5.78 Å². The molecule has 1 rings (SSSR count). The molecule has 0 aliphatic heterocycles. The van der Waals surface area contributed by atoms with Crippen LogP contribution in [0.2, 0.25) is 5.15 Å². The third-order valence-electron chi connectivity index (χ3n) is 1.59. The first-order valence-electron chi connectivity index (χ1n) is 3.68. The van der Waals surface area contributed by atoms with Gasteiger partial charge in [0.25, 0.3) is 0 Å². The maximum absolute atomic E-state index is 12.2. The van der Waals surface area contributed by atoms with Crippen molar-refractivity contribution in [3.05, 3.63) is 28.5 Å². The van der Waals surface area contributed by atoms with Crippen molar-refractivity contribution in [2.75, 3.05) is 5.88 Å². The molecule has 7 heteroatoms. The van der Waals surface area contributed by atoms with Crippen molar-refractivity contribution < 1.29 is 18.0 Å². The highest BCUT2D eigenvalue weighted by molar-refractivity contribution is 6.36. The molecule has 2 nitrogen and oxygen atoms in total. The Hall–Kier alpha value is -0.810. The summed E-state index contributed by atoms with van der Waals surface area (Å²) in [7, 11) is 0. The first-order chi connectivity index (χ1) is 6.86. The molecule has 0 bridgehead atoms. The number of halogens is 5. The van der Waals surface area contributed by atoms with E-state index in [9.17, 15) is 18.0 Å². The summed E-state index contributed by atoms with van der Waals surface area (Å²) in [6.45, 7) is 0. The van der Waals surface area contributed by atoms with E-state index in [2.05, 4.69) is 4.98 Å². The third-order valence-corrected chi connectivity index (χ3v) is 2.13. The summed E-state index contributed by atoms with van der Waals surface area (Å²) in [5.41, 5.74) is -1.35. The van der Waals surface area contributed by atoms with E-state index >= 15 is 0 Å². The Balaban J connectivity index is 3.23. The molecule has 1 aromatic rings. The van der Waals surface area contributed by atoms with Crippen LogP contribution in [-0.2, 0) is 6.18 Å². The van der Waals surface area contributed by atoms with Crippen molar-refractivity contribution in [1.29, 1.82) is 0 Å². The van der Waals surface area contributed by atoms with Crippen LogP contribution in [0.5, 0.6) is 0 Å². The van der Waals surface area contributed by atoms with Gasteiger partial charge in [-0.25, -0.2) is 4.98 Å². The molecule has 1 heterocycles. The molecule has 82 valence electrons. The second kappa shape index (κ2) is 4.37. The van der Waals surface area contributed by atoms with Crippen molar-refractivity contribution in [1.82, 2.24) is 4.98 Å². The van der Waals surface area contributed by atoms with E-state index in [-0.39, 0.29) is 10.7 Å². The van der Waals surface area contributed by atoms with Gasteiger partial charge in [-0.1, -0.05) is 11.6 Å². The molecule has 0 fully saturated rings. The first kappa shape index (κ1) is 12.3. The van der Waals surface area contributed by atoms with E-state index < -0.39 is 23.4 Å². The fourth-order valence-electron chi connectivity index (χ4n) is 0.871. The summed E-state index contributed by atoms with van der Waals surface area (Å²) in [4.78, 5) is 14.4. The number of carbonyl (C=O) groups excluding carboxylic acids is 1. The number of hydrogen-bond donors (Lipinski definition) is 0. The lowest BCUT2D eigenvalue weighted by molar-refractivity contribution is -0.137. The van der Waals surface area contributed by atoms with Gasteiger partial charge >= 0.3 is 6.18 Å². The molecule has 0 aliphatic rings. The summed E-state index contributed by atoms with van der Waals surface area (Å²) in [6, 6.07) is 0.639. The monoisotopic (exact) mass is 257 g/mol. The largest absolute Gasteiger partial charge is 0.417 e. The van der Waals surface area contributed by atoms with E-state index in [1.165, 1.54) is 0 Å². The normalized spacial score (nSPS) is 11.5. The number of carbonyl (C=O) groups is 1. The Labute approximate surface area is 93.0 Å². The number of aromatic nitrogens is 1. The summed E-state index contributed by atoms with van der Waals surface area (Å²) >= 11 is 10.7. The maximum atomic E-state index is 12.2. The molecule has 0 aromatic carbocycles. The lowest BCUT2D eigenvalue weighted by Crippen LogP contribution is -2.10. The standard InChI is InChI=1S/C8H4Cl2F3NO/c9-2-6(15)5-1-4(8(11,12)13)3-14-7(5)10/h1,3H,2H2. The summed E-state index contributed by atoms with van der Waals surface area (Å²) < 4.78 is 36.7. The average Bonchev–Trinajstić information content (AvgIpc) is 2.15. The second-order valence-electron chi connectivity index (χ2n) is 2.62. The molecule has 0 spiro atoms. The van der Waals surface area contributed by atoms with Gasteiger partial charge in [0.2, 0.25) is 0 Å². The van der Waals surface area contributed by atoms with Gasteiger partial charge in [-0.05, 0) is 6.07 Å². The number of nitrogens with zero attached hydrogens (tertiary/aromatic N) is 1. The van der Waals surface area contributed by atoms with Gasteiger partial charge in [-0.3, -0.25) is 4.79 Å². The molecule has 15 heavy (non-hydrogen) atoms. The number of alkyl halides is 4. The Morgan fingerprint density at radius 3 is 2.53 bits per heavy atom. The van der Waals surface area contributed by atoms with Crippen LogP contribution in [0.25, 0.3) is 0 Å². The van der Waals surface area contributed by atoms with Gasteiger partial charge in [-0.15, -0.1) is 11.6 Å². The highest BCUT2D eigenvalue weighted by atomic mass is 35.5. The van der Waals surface area contributed by atoms with Crippen molar-refractivity contribution in [3.8, 4) is 0 Å². The van der Waals surface area contributed by atoms with Gasteiger partial charge in [0, 0.05) is 6.20 Å². The minimum absolute atomic E-state index is 0.284. The summed E-state index contributed by atoms with van der Waals surface area (Å²) in [5, 5.41) is -0.284. The highest BCUT2D eigenvalue weighted by Crippen LogP contribution is 2.30. The van der Waals surface area contributed by atoms with Crippen LogP contribution in [0.3, 0.4) is 0 Å². The van der Waals surface area contributed by atoms with Crippen LogP contribution in [0.4, 0.5) is 13.2 Å². The molecule has 1 aromatic heterocycles. The van der Waals surface area contributed by atoms with Gasteiger partial charge in [0.1, 0.15) is 5.15 Å². The minimum atomic E-state index is -4.56. The zero-order chi connectivity index (χ0) is 11.6. The molecular formula is C8H4Cl2F3NO. The number of rotatable bonds is 2. The predicted octanol–water partition coefficient (Wildman–Crippen LogP) is 3.18. The number of ketones is 1. The molecule has 0 atom stereocenters. The van der Waals surface area contributed by atoms with E-state index in [1.54, 1.807) is 0 Å². The molecule has 0 saturated carbocycles. The second-order valence-corrected chi connectivity index (χ2v) is 3.24. The Morgan fingerprint density at radius 1 is 1.47 bits per heavy atom. The van der Waals surface area contributed by atoms with Crippen molar-refractivity contribution >= 4 is 29.0 Å². The van der Waals surface area contributed by atoms with Gasteiger partial charge in [0.05, 0.1) is 17.0 Å². The number of hydrogen-bond acceptors (Lipinski definition) is 2. The zero-order valence-corrected chi connectivity index (χ0v) is 8.62. The molecule has 0 unspecified atom stereocenters. The van der Waals surface area contributed by atoms with Crippen LogP contribution >= 0.6 is 23.2 Å². The van der Waals surface area contributed by atoms with Crippen LogP contribution in [0.1, 0.15) is 15.9 Å². The van der Waals surface area contributed by atoms with Crippen LogP contribution in [-0.4, -0.2) is 16.6 Å². The van der Waals surface area contributed by atoms with Crippen molar-refractivity contribution in [2.24, 2.45) is 0 Å². The Morgan fingerprint density at radius 2 is 2.07 bits per heavy atom. The maximum Gasteiger partial charge on any atom is 0.417 e. The molecule has 0 saturated heterocycles. The third kappa shape index (κ3) is 2.82. The van der Waals surface area contributed by atoms with Crippen molar-refractivity contribution in [3.63, 3.8) is 0 Å². The minimum Gasteiger partial charge on any atom is -0.293 e. The van der Waals surface area contributed by atoms with Crippen LogP contribution in [0.15, 0.2) is 12.3 Å². The van der Waals surface area contributed by atoms with E-state index in [0.29, 0.717) is 12.3 Å². The Bertz CT molecular complexity index is 392. The molecular weight excluding hydrogens is 254 g/mol. The number of Topliss-reactive ketones (excluding diaryl/α,β-unsaturated/α-hetero) is 1. The zero-order valence-electron chi connectivity index (χ0n) is 7.11. The lowest BCUT2D eigenvalue weighted by Gasteiger charge is -2.07. The summed E-state index contributed by atoms with van der Waals surface area (Å²) in [5.74, 6) is -1.14. The SMILES string of the molecule is O=C(CCl)c1cc(C(F)(F)F)cnc1Cl. The fraction of sp³-hybridized carbons (Fsp3) is 0.250. The predicted molar refractivity (Wildman–Crippen MR) is 49.3 cm³/mol. The van der Waals surface area contributed by atoms with E-state index in [1.807, 2.05) is 0 Å². The van der Waals surface area contributed by atoms with Crippen LogP contribution in [0, 0.1) is 0 Å². The molecule has 0 amide bonds. The molecule has 0 radical (unpaired) electrons. The molecule has 0 N–H and O–H groups in total. The fourth-order valence-corrected chi connectivity index (χ4v) is 1.22. The Kier molecular flexibility index (Phi) is 3.57. The van der Waals surface area contributed by atoms with Crippen molar-refractivity contribution in [2.45, 2.75) is 6.18 Å². The van der Waals surface area contributed by atoms with Crippen LogP contribution < -0.4 is 0 Å². The lowest BCUT2D eigenvalue weighted by atomic mass is 10.1. The number of pyridine rings is 1. The van der Waals surface area contributed by atoms with E-state index in [0.717, 1.165) is 0 Å². The quantitative estimate of drug-likeness (QED) is 0.463. The van der Waals surface area contributed by atoms with Gasteiger partial charge in [-0.2, -0.15) is 13.2 Å². The average molecular weight is 258 g/mol. The van der Waals surface area contributed by atoms with Gasteiger partial charge < -0.3 is 0 Å². The molecule has 0 aliphatic carbocycles. The van der Waals surface area contributed by atoms with E-state index in [4.69, 9.17) is 23.2 Å². The highest BCUT2D eigenvalue weighted by Gasteiger charge is 2.32.